The largest absolute Gasteiger partial charge is 0.455 e. The molecule has 1 amide bonds. The molecule has 1 fully saturated rings. The number of hydrogen-bond acceptors (Lipinski definition) is 6. The third-order valence-corrected chi connectivity index (χ3v) is 7.89. The molecule has 8 heteroatoms. The second kappa shape index (κ2) is 9.78. The van der Waals surface area contributed by atoms with E-state index in [1.807, 2.05) is 39.8 Å². The summed E-state index contributed by atoms with van der Waals surface area (Å²) in [7, 11) is -3.10. The molecular weight excluding hydrogens is 398 g/mol. The zero-order valence-corrected chi connectivity index (χ0v) is 18.6. The minimum absolute atomic E-state index is 0.0143. The molecule has 1 aliphatic heterocycles. The molecule has 2 atom stereocenters. The van der Waals surface area contributed by atoms with E-state index >= 15 is 0 Å². The predicted molar refractivity (Wildman–Crippen MR) is 111 cm³/mol. The number of esters is 1. The average molecular weight is 428 g/mol. The molecule has 2 rings (SSSR count). The van der Waals surface area contributed by atoms with E-state index < -0.39 is 15.8 Å². The Bertz CT molecular complexity index is 822. The number of benzene rings is 1. The standard InChI is InChI=1S/C20H29NO5S2/c1-5-16(4)21(17-8-9-28(24,25)13-17)19(22)11-26-20(23)12-27-18-7-6-14(2)10-15(18)3/h6-7,10,16-17H,5,8-9,11-13H2,1-4H3/t16-,17+/m1/s1. The van der Waals surface area contributed by atoms with E-state index in [1.54, 1.807) is 4.90 Å². The summed E-state index contributed by atoms with van der Waals surface area (Å²) in [5, 5.41) is 0. The Morgan fingerprint density at radius 2 is 2.04 bits per heavy atom. The molecule has 0 unspecified atom stereocenters. The summed E-state index contributed by atoms with van der Waals surface area (Å²) in [6, 6.07) is 5.57. The molecule has 0 radical (unpaired) electrons. The fraction of sp³-hybridized carbons (Fsp3) is 0.600. The zero-order valence-electron chi connectivity index (χ0n) is 16.9. The van der Waals surface area contributed by atoms with Gasteiger partial charge in [0.1, 0.15) is 0 Å². The molecule has 6 nitrogen and oxygen atoms in total. The molecule has 0 N–H and O–H groups in total. The fourth-order valence-electron chi connectivity index (χ4n) is 3.36. The molecule has 0 spiro atoms. The summed E-state index contributed by atoms with van der Waals surface area (Å²) in [6.45, 7) is 7.48. The van der Waals surface area contributed by atoms with Crippen LogP contribution in [0.4, 0.5) is 0 Å². The number of hydrogen-bond donors (Lipinski definition) is 0. The number of aryl methyl sites for hydroxylation is 2. The third kappa shape index (κ3) is 6.24. The number of nitrogens with zero attached hydrogens (tertiary/aromatic N) is 1. The number of sulfone groups is 1. The monoisotopic (exact) mass is 427 g/mol. The number of ether oxygens (including phenoxy) is 1. The van der Waals surface area contributed by atoms with Crippen molar-refractivity contribution in [3.8, 4) is 0 Å². The molecule has 0 aromatic heterocycles. The van der Waals surface area contributed by atoms with E-state index in [0.717, 1.165) is 16.0 Å². The maximum atomic E-state index is 12.7. The van der Waals surface area contributed by atoms with Crippen LogP contribution in [0, 0.1) is 13.8 Å². The molecule has 1 aliphatic rings. The van der Waals surface area contributed by atoms with Gasteiger partial charge in [-0.05, 0) is 45.2 Å². The summed E-state index contributed by atoms with van der Waals surface area (Å²) in [6.07, 6.45) is 1.15. The second-order valence-corrected chi connectivity index (χ2v) is 10.6. The Hall–Kier alpha value is -1.54. The van der Waals surface area contributed by atoms with Crippen molar-refractivity contribution < 1.29 is 22.7 Å². The number of carbonyl (C=O) groups is 2. The molecule has 28 heavy (non-hydrogen) atoms. The van der Waals surface area contributed by atoms with Crippen LogP contribution < -0.4 is 0 Å². The minimum Gasteiger partial charge on any atom is -0.455 e. The smallest absolute Gasteiger partial charge is 0.316 e. The number of amides is 1. The van der Waals surface area contributed by atoms with Crippen LogP contribution in [0.5, 0.6) is 0 Å². The van der Waals surface area contributed by atoms with Crippen molar-refractivity contribution in [3.05, 3.63) is 29.3 Å². The van der Waals surface area contributed by atoms with Gasteiger partial charge < -0.3 is 9.64 Å². The number of thioether (sulfide) groups is 1. The molecule has 0 bridgehead atoms. The summed E-state index contributed by atoms with van der Waals surface area (Å²) in [5.74, 6) is -0.579. The summed E-state index contributed by atoms with van der Waals surface area (Å²) in [4.78, 5) is 27.3. The highest BCUT2D eigenvalue weighted by Gasteiger charge is 2.36. The van der Waals surface area contributed by atoms with E-state index in [9.17, 15) is 18.0 Å². The predicted octanol–water partition coefficient (Wildman–Crippen LogP) is 2.75. The van der Waals surface area contributed by atoms with Gasteiger partial charge in [0.15, 0.2) is 16.4 Å². The Balaban J connectivity index is 1.89. The van der Waals surface area contributed by atoms with Crippen LogP contribution >= 0.6 is 11.8 Å². The SMILES string of the molecule is CC[C@@H](C)N(C(=O)COC(=O)CSc1ccc(C)cc1C)[C@H]1CCS(=O)(=O)C1. The van der Waals surface area contributed by atoms with Crippen LogP contribution in [-0.2, 0) is 24.2 Å². The summed E-state index contributed by atoms with van der Waals surface area (Å²) < 4.78 is 28.8. The van der Waals surface area contributed by atoms with Crippen LogP contribution in [0.25, 0.3) is 0 Å². The zero-order chi connectivity index (χ0) is 20.9. The van der Waals surface area contributed by atoms with Crippen LogP contribution in [0.2, 0.25) is 0 Å². The van der Waals surface area contributed by atoms with Crippen molar-refractivity contribution in [1.82, 2.24) is 4.90 Å². The molecule has 0 aliphatic carbocycles. The lowest BCUT2D eigenvalue weighted by Gasteiger charge is -2.33. The van der Waals surface area contributed by atoms with Gasteiger partial charge >= 0.3 is 5.97 Å². The molecule has 1 heterocycles. The molecule has 1 aromatic rings. The first-order chi connectivity index (χ1) is 13.1. The first kappa shape index (κ1) is 22.7. The second-order valence-electron chi connectivity index (χ2n) is 7.33. The minimum atomic E-state index is -3.10. The van der Waals surface area contributed by atoms with Crippen molar-refractivity contribution in [2.24, 2.45) is 0 Å². The van der Waals surface area contributed by atoms with Gasteiger partial charge in [-0.2, -0.15) is 0 Å². The highest BCUT2D eigenvalue weighted by molar-refractivity contribution is 8.00. The van der Waals surface area contributed by atoms with Gasteiger partial charge in [0.25, 0.3) is 5.91 Å². The van der Waals surface area contributed by atoms with Gasteiger partial charge in [-0.1, -0.05) is 24.6 Å². The first-order valence-electron chi connectivity index (χ1n) is 9.50. The molecule has 0 saturated carbocycles. The molecule has 1 saturated heterocycles. The maximum Gasteiger partial charge on any atom is 0.316 e. The van der Waals surface area contributed by atoms with Crippen molar-refractivity contribution >= 4 is 33.5 Å². The van der Waals surface area contributed by atoms with Crippen LogP contribution in [0.3, 0.4) is 0 Å². The molecule has 156 valence electrons. The van der Waals surface area contributed by atoms with Gasteiger partial charge in [-0.25, -0.2) is 8.42 Å². The Morgan fingerprint density at radius 1 is 1.32 bits per heavy atom. The van der Waals surface area contributed by atoms with Gasteiger partial charge in [0, 0.05) is 17.0 Å². The van der Waals surface area contributed by atoms with E-state index in [1.165, 1.54) is 11.8 Å². The average Bonchev–Trinajstić information content (AvgIpc) is 2.98. The van der Waals surface area contributed by atoms with E-state index in [4.69, 9.17) is 4.74 Å². The summed E-state index contributed by atoms with van der Waals surface area (Å²) in [5.41, 5.74) is 2.26. The topological polar surface area (TPSA) is 80.8 Å². The van der Waals surface area contributed by atoms with Crippen LogP contribution in [-0.4, -0.2) is 61.1 Å². The van der Waals surface area contributed by atoms with Gasteiger partial charge in [0.05, 0.1) is 17.3 Å². The van der Waals surface area contributed by atoms with E-state index in [-0.39, 0.29) is 41.9 Å². The Kier molecular flexibility index (Phi) is 7.95. The lowest BCUT2D eigenvalue weighted by molar-refractivity contribution is -0.152. The fourth-order valence-corrected chi connectivity index (χ4v) is 5.88. The highest BCUT2D eigenvalue weighted by Crippen LogP contribution is 2.24. The Morgan fingerprint density at radius 3 is 2.61 bits per heavy atom. The van der Waals surface area contributed by atoms with Gasteiger partial charge in [-0.3, -0.25) is 9.59 Å². The Labute approximate surface area is 171 Å². The van der Waals surface area contributed by atoms with Crippen molar-refractivity contribution in [2.45, 2.75) is 57.5 Å². The molecule has 1 aromatic carbocycles. The van der Waals surface area contributed by atoms with E-state index in [2.05, 4.69) is 6.07 Å². The maximum absolute atomic E-state index is 12.7. The van der Waals surface area contributed by atoms with Crippen molar-refractivity contribution in [1.29, 1.82) is 0 Å². The lowest BCUT2D eigenvalue weighted by atomic mass is 10.1. The first-order valence-corrected chi connectivity index (χ1v) is 12.3. The quantitative estimate of drug-likeness (QED) is 0.469. The van der Waals surface area contributed by atoms with Crippen molar-refractivity contribution in [2.75, 3.05) is 23.9 Å². The highest BCUT2D eigenvalue weighted by atomic mass is 32.2. The van der Waals surface area contributed by atoms with Crippen molar-refractivity contribution in [3.63, 3.8) is 0 Å². The van der Waals surface area contributed by atoms with Crippen LogP contribution in [0.15, 0.2) is 23.1 Å². The molecular formula is C20H29NO5S2. The van der Waals surface area contributed by atoms with Crippen LogP contribution in [0.1, 0.15) is 37.8 Å². The number of rotatable bonds is 8. The summed E-state index contributed by atoms with van der Waals surface area (Å²) >= 11 is 1.38. The normalized spacial score (nSPS) is 19.2. The lowest BCUT2D eigenvalue weighted by Crippen LogP contribution is -2.48. The number of carbonyl (C=O) groups excluding carboxylic acids is 2. The van der Waals surface area contributed by atoms with Gasteiger partial charge in [-0.15, -0.1) is 11.8 Å². The van der Waals surface area contributed by atoms with Gasteiger partial charge in [0.2, 0.25) is 0 Å². The third-order valence-electron chi connectivity index (χ3n) is 4.99. The van der Waals surface area contributed by atoms with E-state index in [0.29, 0.717) is 12.8 Å².